The van der Waals surface area contributed by atoms with Crippen LogP contribution < -0.4 is 5.32 Å². The molecule has 0 atom stereocenters. The number of halogens is 1. The molecule has 0 radical (unpaired) electrons. The Morgan fingerprint density at radius 1 is 1.00 bits per heavy atom. The van der Waals surface area contributed by atoms with Gasteiger partial charge in [-0.2, -0.15) is 0 Å². The van der Waals surface area contributed by atoms with Crippen LogP contribution in [0.5, 0.6) is 0 Å². The Balaban J connectivity index is 2.33. The van der Waals surface area contributed by atoms with E-state index < -0.39 is 0 Å². The molecule has 0 aliphatic heterocycles. The molecule has 112 valence electrons. The number of rotatable bonds is 5. The Kier molecular flexibility index (Phi) is 5.13. The first-order chi connectivity index (χ1) is 10.0. The summed E-state index contributed by atoms with van der Waals surface area (Å²) >= 11 is 0. The molecule has 2 rings (SSSR count). The lowest BCUT2D eigenvalue weighted by atomic mass is 9.93. The SMILES string of the molecule is CCCNCc1ccc(-c2c(C)cc(C)cc2F)c(C)c1. The number of hydrogen-bond acceptors (Lipinski definition) is 1. The minimum absolute atomic E-state index is 0.132. The van der Waals surface area contributed by atoms with Crippen molar-refractivity contribution in [3.63, 3.8) is 0 Å². The fourth-order valence-electron chi connectivity index (χ4n) is 2.78. The van der Waals surface area contributed by atoms with Gasteiger partial charge in [0.15, 0.2) is 0 Å². The van der Waals surface area contributed by atoms with Crippen molar-refractivity contribution < 1.29 is 4.39 Å². The van der Waals surface area contributed by atoms with Crippen molar-refractivity contribution in [1.82, 2.24) is 5.32 Å². The first-order valence-electron chi connectivity index (χ1n) is 7.60. The summed E-state index contributed by atoms with van der Waals surface area (Å²) in [7, 11) is 0. The summed E-state index contributed by atoms with van der Waals surface area (Å²) in [5, 5.41) is 3.39. The summed E-state index contributed by atoms with van der Waals surface area (Å²) in [6, 6.07) is 9.92. The van der Waals surface area contributed by atoms with Gasteiger partial charge in [-0.05, 0) is 67.6 Å². The molecule has 2 aromatic rings. The second kappa shape index (κ2) is 6.86. The largest absolute Gasteiger partial charge is 0.313 e. The van der Waals surface area contributed by atoms with E-state index in [4.69, 9.17) is 0 Å². The van der Waals surface area contributed by atoms with Gasteiger partial charge in [0, 0.05) is 12.1 Å². The van der Waals surface area contributed by atoms with Crippen molar-refractivity contribution in [2.45, 2.75) is 40.7 Å². The summed E-state index contributed by atoms with van der Waals surface area (Å²) in [4.78, 5) is 0. The molecule has 1 N–H and O–H groups in total. The molecule has 1 nitrogen and oxygen atoms in total. The van der Waals surface area contributed by atoms with Crippen LogP contribution >= 0.6 is 0 Å². The number of nitrogens with one attached hydrogen (secondary N) is 1. The normalized spacial score (nSPS) is 10.9. The standard InChI is InChI=1S/C19H24FN/c1-5-8-21-12-16-6-7-17(14(3)11-16)19-15(4)9-13(2)10-18(19)20/h6-7,9-11,21H,5,8,12H2,1-4H3. The Bertz CT molecular complexity index is 608. The van der Waals surface area contributed by atoms with Gasteiger partial charge in [0.05, 0.1) is 0 Å². The van der Waals surface area contributed by atoms with Crippen molar-refractivity contribution in [2.24, 2.45) is 0 Å². The number of aryl methyl sites for hydroxylation is 3. The zero-order valence-corrected chi connectivity index (χ0v) is 13.4. The van der Waals surface area contributed by atoms with Gasteiger partial charge in [-0.25, -0.2) is 4.39 Å². The molecule has 0 aromatic heterocycles. The van der Waals surface area contributed by atoms with Gasteiger partial charge in [0.2, 0.25) is 0 Å². The molecule has 0 spiro atoms. The van der Waals surface area contributed by atoms with E-state index in [2.05, 4.69) is 31.3 Å². The van der Waals surface area contributed by atoms with E-state index in [1.54, 1.807) is 6.07 Å². The van der Waals surface area contributed by atoms with E-state index in [1.807, 2.05) is 26.0 Å². The van der Waals surface area contributed by atoms with Crippen molar-refractivity contribution in [1.29, 1.82) is 0 Å². The van der Waals surface area contributed by atoms with Crippen LogP contribution in [0.3, 0.4) is 0 Å². The molecular formula is C19H24FN. The molecule has 0 aliphatic rings. The second-order valence-corrected chi connectivity index (χ2v) is 5.76. The minimum atomic E-state index is -0.132. The third-order valence-corrected chi connectivity index (χ3v) is 3.75. The van der Waals surface area contributed by atoms with Gasteiger partial charge in [-0.15, -0.1) is 0 Å². The molecule has 0 amide bonds. The summed E-state index contributed by atoms with van der Waals surface area (Å²) in [5.41, 5.74) is 6.04. The molecule has 0 fully saturated rings. The third-order valence-electron chi connectivity index (χ3n) is 3.75. The highest BCUT2D eigenvalue weighted by atomic mass is 19.1. The van der Waals surface area contributed by atoms with Crippen molar-refractivity contribution in [3.8, 4) is 11.1 Å². The summed E-state index contributed by atoms with van der Waals surface area (Å²) in [6.45, 7) is 10.00. The van der Waals surface area contributed by atoms with Gasteiger partial charge < -0.3 is 5.32 Å². The Morgan fingerprint density at radius 2 is 1.76 bits per heavy atom. The smallest absolute Gasteiger partial charge is 0.131 e. The molecule has 0 aliphatic carbocycles. The third kappa shape index (κ3) is 3.70. The second-order valence-electron chi connectivity index (χ2n) is 5.76. The number of benzene rings is 2. The average molecular weight is 285 g/mol. The molecule has 0 saturated carbocycles. The highest BCUT2D eigenvalue weighted by Gasteiger charge is 2.12. The van der Waals surface area contributed by atoms with Gasteiger partial charge in [0.25, 0.3) is 0 Å². The Hall–Kier alpha value is -1.67. The summed E-state index contributed by atoms with van der Waals surface area (Å²) < 4.78 is 14.3. The van der Waals surface area contributed by atoms with Crippen LogP contribution in [-0.4, -0.2) is 6.54 Å². The maximum Gasteiger partial charge on any atom is 0.131 e. The molecule has 0 unspecified atom stereocenters. The number of hydrogen-bond donors (Lipinski definition) is 1. The Morgan fingerprint density at radius 3 is 2.38 bits per heavy atom. The van der Waals surface area contributed by atoms with Crippen molar-refractivity contribution in [2.75, 3.05) is 6.54 Å². The van der Waals surface area contributed by atoms with Crippen LogP contribution in [0.2, 0.25) is 0 Å². The van der Waals surface area contributed by atoms with Gasteiger partial charge in [0.1, 0.15) is 5.82 Å². The fourth-order valence-corrected chi connectivity index (χ4v) is 2.78. The van der Waals surface area contributed by atoms with E-state index >= 15 is 0 Å². The van der Waals surface area contributed by atoms with Crippen LogP contribution in [0.15, 0.2) is 30.3 Å². The predicted octanol–water partition coefficient (Wildman–Crippen LogP) is 4.92. The molecular weight excluding hydrogens is 261 g/mol. The van der Waals surface area contributed by atoms with Crippen LogP contribution in [0.4, 0.5) is 4.39 Å². The first-order valence-corrected chi connectivity index (χ1v) is 7.60. The monoisotopic (exact) mass is 285 g/mol. The van der Waals surface area contributed by atoms with E-state index in [1.165, 1.54) is 5.56 Å². The van der Waals surface area contributed by atoms with Gasteiger partial charge >= 0.3 is 0 Å². The maximum atomic E-state index is 14.3. The van der Waals surface area contributed by atoms with Crippen LogP contribution in [0.25, 0.3) is 11.1 Å². The molecule has 2 heteroatoms. The lowest BCUT2D eigenvalue weighted by Crippen LogP contribution is -2.13. The lowest BCUT2D eigenvalue weighted by Gasteiger charge is -2.13. The van der Waals surface area contributed by atoms with Crippen molar-refractivity contribution in [3.05, 3.63) is 58.4 Å². The zero-order valence-electron chi connectivity index (χ0n) is 13.4. The van der Waals surface area contributed by atoms with E-state index in [0.717, 1.165) is 47.3 Å². The van der Waals surface area contributed by atoms with Crippen molar-refractivity contribution >= 4 is 0 Å². The topological polar surface area (TPSA) is 12.0 Å². The van der Waals surface area contributed by atoms with E-state index in [9.17, 15) is 4.39 Å². The van der Waals surface area contributed by atoms with Crippen LogP contribution in [0.1, 0.15) is 35.6 Å². The van der Waals surface area contributed by atoms with Crippen LogP contribution in [-0.2, 0) is 6.54 Å². The van der Waals surface area contributed by atoms with Gasteiger partial charge in [-0.3, -0.25) is 0 Å². The van der Waals surface area contributed by atoms with E-state index in [0.29, 0.717) is 0 Å². The molecule has 0 heterocycles. The minimum Gasteiger partial charge on any atom is -0.313 e. The lowest BCUT2D eigenvalue weighted by molar-refractivity contribution is 0.629. The fraction of sp³-hybridized carbons (Fsp3) is 0.368. The summed E-state index contributed by atoms with van der Waals surface area (Å²) in [6.07, 6.45) is 1.13. The quantitative estimate of drug-likeness (QED) is 0.769. The molecule has 0 bridgehead atoms. The predicted molar refractivity (Wildman–Crippen MR) is 88.0 cm³/mol. The zero-order chi connectivity index (χ0) is 15.4. The van der Waals surface area contributed by atoms with Crippen LogP contribution in [0, 0.1) is 26.6 Å². The molecule has 2 aromatic carbocycles. The first kappa shape index (κ1) is 15.7. The van der Waals surface area contributed by atoms with E-state index in [-0.39, 0.29) is 5.82 Å². The highest BCUT2D eigenvalue weighted by Crippen LogP contribution is 2.30. The Labute approximate surface area is 127 Å². The highest BCUT2D eigenvalue weighted by molar-refractivity contribution is 5.71. The average Bonchev–Trinajstić information content (AvgIpc) is 2.40. The van der Waals surface area contributed by atoms with Gasteiger partial charge in [-0.1, -0.05) is 31.2 Å². The summed E-state index contributed by atoms with van der Waals surface area (Å²) in [5.74, 6) is -0.132. The molecule has 21 heavy (non-hydrogen) atoms. The maximum absolute atomic E-state index is 14.3. The molecule has 0 saturated heterocycles.